The molecule has 0 aliphatic carbocycles. The maximum Gasteiger partial charge on any atom is 0.267 e. The average molecular weight is 438 g/mol. The van der Waals surface area contributed by atoms with Crippen molar-refractivity contribution < 1.29 is 19.6 Å². The molecule has 9 nitrogen and oxygen atoms in total. The molecule has 32 heavy (non-hydrogen) atoms. The predicted molar refractivity (Wildman–Crippen MR) is 119 cm³/mol. The van der Waals surface area contributed by atoms with Crippen molar-refractivity contribution in [1.29, 1.82) is 0 Å². The highest BCUT2D eigenvalue weighted by molar-refractivity contribution is 5.97. The third-order valence-electron chi connectivity index (χ3n) is 4.42. The van der Waals surface area contributed by atoms with Crippen LogP contribution in [0.5, 0.6) is 0 Å². The fourth-order valence-corrected chi connectivity index (χ4v) is 2.67. The van der Waals surface area contributed by atoms with Crippen LogP contribution in [0.1, 0.15) is 34.0 Å². The highest BCUT2D eigenvalue weighted by atomic mass is 16.5. The Morgan fingerprint density at radius 1 is 0.969 bits per heavy atom. The van der Waals surface area contributed by atoms with Crippen LogP contribution in [0.4, 0.5) is 0 Å². The van der Waals surface area contributed by atoms with Crippen molar-refractivity contribution in [3.8, 4) is 11.8 Å². The van der Waals surface area contributed by atoms with E-state index in [1.807, 2.05) is 24.3 Å². The molecule has 0 aliphatic heterocycles. The van der Waals surface area contributed by atoms with Gasteiger partial charge < -0.3 is 21.7 Å². The van der Waals surface area contributed by atoms with Crippen molar-refractivity contribution in [2.24, 2.45) is 5.73 Å². The van der Waals surface area contributed by atoms with Gasteiger partial charge in [0.05, 0.1) is 0 Å². The van der Waals surface area contributed by atoms with Crippen molar-refractivity contribution in [3.63, 3.8) is 0 Å². The zero-order valence-corrected chi connectivity index (χ0v) is 17.8. The summed E-state index contributed by atoms with van der Waals surface area (Å²) in [5, 5.41) is 17.1. The summed E-state index contributed by atoms with van der Waals surface area (Å²) >= 11 is 0. The third-order valence-corrected chi connectivity index (χ3v) is 4.42. The van der Waals surface area contributed by atoms with Crippen LogP contribution in [-0.4, -0.2) is 48.6 Å². The van der Waals surface area contributed by atoms with Gasteiger partial charge in [0.2, 0.25) is 5.91 Å². The van der Waals surface area contributed by atoms with E-state index < -0.39 is 17.9 Å². The highest BCUT2D eigenvalue weighted by Crippen LogP contribution is 2.06. The van der Waals surface area contributed by atoms with Crippen LogP contribution in [0, 0.1) is 11.8 Å². The number of nitrogens with two attached hydrogens (primary N) is 1. The number of carbonyl (C=O) groups is 3. The van der Waals surface area contributed by atoms with E-state index in [0.717, 1.165) is 16.7 Å². The number of nitrogens with one attached hydrogen (secondary N) is 4. The Morgan fingerprint density at radius 3 is 2.09 bits per heavy atom. The summed E-state index contributed by atoms with van der Waals surface area (Å²) in [4.78, 5) is 34.4. The fourth-order valence-electron chi connectivity index (χ4n) is 2.67. The smallest absolute Gasteiger partial charge is 0.267 e. The van der Waals surface area contributed by atoms with Crippen LogP contribution >= 0.6 is 0 Å². The first-order chi connectivity index (χ1) is 15.4. The molecule has 1 atom stereocenters. The highest BCUT2D eigenvalue weighted by Gasteiger charge is 2.19. The molecule has 0 unspecified atom stereocenters. The van der Waals surface area contributed by atoms with Gasteiger partial charge in [-0.25, -0.2) is 5.48 Å². The topological polar surface area (TPSA) is 146 Å². The van der Waals surface area contributed by atoms with Gasteiger partial charge in [0.15, 0.2) is 0 Å². The number of hydrogen-bond acceptors (Lipinski definition) is 6. The molecular formula is C23H27N5O4. The summed E-state index contributed by atoms with van der Waals surface area (Å²) in [5.74, 6) is 4.81. The summed E-state index contributed by atoms with van der Waals surface area (Å²) in [7, 11) is 0. The van der Waals surface area contributed by atoms with Crippen LogP contribution in [0.2, 0.25) is 0 Å². The van der Waals surface area contributed by atoms with Gasteiger partial charge in [-0.1, -0.05) is 24.0 Å². The number of amides is 3. The lowest BCUT2D eigenvalue weighted by molar-refractivity contribution is -0.130. The van der Waals surface area contributed by atoms with Crippen LogP contribution in [0.25, 0.3) is 0 Å². The number of hydroxylamine groups is 1. The summed E-state index contributed by atoms with van der Waals surface area (Å²) < 4.78 is 0. The van der Waals surface area contributed by atoms with Gasteiger partial charge in [0.1, 0.15) is 6.04 Å². The molecule has 0 heterocycles. The van der Waals surface area contributed by atoms with E-state index in [0.29, 0.717) is 25.2 Å². The number of hydrogen-bond donors (Lipinski definition) is 6. The molecule has 0 aliphatic rings. The Morgan fingerprint density at radius 2 is 1.56 bits per heavy atom. The predicted octanol–water partition coefficient (Wildman–Crippen LogP) is -0.125. The summed E-state index contributed by atoms with van der Waals surface area (Å²) in [6.45, 7) is 3.32. The molecule has 9 heteroatoms. The third kappa shape index (κ3) is 8.20. The monoisotopic (exact) mass is 437 g/mol. The zero-order chi connectivity index (χ0) is 23.3. The van der Waals surface area contributed by atoms with Gasteiger partial charge in [-0.3, -0.25) is 19.6 Å². The van der Waals surface area contributed by atoms with E-state index >= 15 is 0 Å². The van der Waals surface area contributed by atoms with E-state index in [1.54, 1.807) is 24.3 Å². The zero-order valence-electron chi connectivity index (χ0n) is 17.8. The van der Waals surface area contributed by atoms with Crippen molar-refractivity contribution in [3.05, 3.63) is 70.8 Å². The molecule has 3 amide bonds. The maximum absolute atomic E-state index is 12.2. The van der Waals surface area contributed by atoms with Crippen LogP contribution in [-0.2, 0) is 16.1 Å². The lowest BCUT2D eigenvalue weighted by Crippen LogP contribution is -2.50. The van der Waals surface area contributed by atoms with E-state index in [9.17, 15) is 14.4 Å². The molecule has 2 rings (SSSR count). The lowest BCUT2D eigenvalue weighted by Gasteiger charge is -2.14. The number of benzene rings is 2. The molecule has 0 spiro atoms. The Hall–Kier alpha value is -3.71. The minimum atomic E-state index is -1.03. The van der Waals surface area contributed by atoms with E-state index in [2.05, 4.69) is 27.8 Å². The summed E-state index contributed by atoms with van der Waals surface area (Å²) in [5.41, 5.74) is 9.93. The summed E-state index contributed by atoms with van der Waals surface area (Å²) in [6, 6.07) is 13.4. The molecule has 0 bridgehead atoms. The average Bonchev–Trinajstić information content (AvgIpc) is 2.81. The van der Waals surface area contributed by atoms with Gasteiger partial charge in [0.25, 0.3) is 11.8 Å². The Bertz CT molecular complexity index is 978. The largest absolute Gasteiger partial charge is 0.355 e. The van der Waals surface area contributed by atoms with Crippen molar-refractivity contribution >= 4 is 17.7 Å². The molecule has 2 aromatic carbocycles. The minimum absolute atomic E-state index is 0.0417. The number of carbonyl (C=O) groups excluding carboxylic acids is 3. The van der Waals surface area contributed by atoms with E-state index in [1.165, 1.54) is 12.4 Å². The first-order valence-corrected chi connectivity index (χ1v) is 10.0. The molecule has 0 fully saturated rings. The molecule has 2 aromatic rings. The van der Waals surface area contributed by atoms with Gasteiger partial charge in [-0.15, -0.1) is 0 Å². The van der Waals surface area contributed by atoms with Gasteiger partial charge >= 0.3 is 0 Å². The van der Waals surface area contributed by atoms with Gasteiger partial charge in [-0.05, 0) is 42.0 Å². The molecule has 0 radical (unpaired) electrons. The maximum atomic E-state index is 12.2. The SMILES string of the molecule is CC(=O)NCCNCc1ccc(C#Cc2ccc(C(=O)N[C@@H](CN)C(=O)NO)cc2)cc1. The molecule has 0 aromatic heterocycles. The van der Waals surface area contributed by atoms with Crippen molar-refractivity contribution in [1.82, 2.24) is 21.4 Å². The quantitative estimate of drug-likeness (QED) is 0.140. The lowest BCUT2D eigenvalue weighted by atomic mass is 10.1. The Kier molecular flexibility index (Phi) is 9.87. The molecule has 7 N–H and O–H groups in total. The fraction of sp³-hybridized carbons (Fsp3) is 0.261. The Labute approximate surface area is 186 Å². The molecule has 0 saturated heterocycles. The molecular weight excluding hydrogens is 410 g/mol. The first-order valence-electron chi connectivity index (χ1n) is 10.0. The molecule has 168 valence electrons. The normalized spacial score (nSPS) is 11.0. The standard InChI is InChI=1S/C23H27N5O4/c1-16(29)26-13-12-25-15-19-6-4-17(5-7-19)2-3-18-8-10-20(11-9-18)22(30)27-21(14-24)23(31)28-32/h4-11,21,25,32H,12-15,24H2,1H3,(H,26,29)(H,27,30)(H,28,31)/t21-/m0/s1. The second-order valence-corrected chi connectivity index (χ2v) is 6.92. The van der Waals surface area contributed by atoms with Gasteiger partial charge in [0, 0.05) is 49.8 Å². The van der Waals surface area contributed by atoms with Crippen molar-refractivity contribution in [2.45, 2.75) is 19.5 Å². The first kappa shape index (κ1) is 24.6. The van der Waals surface area contributed by atoms with Crippen LogP contribution in [0.15, 0.2) is 48.5 Å². The number of rotatable bonds is 9. The minimum Gasteiger partial charge on any atom is -0.355 e. The van der Waals surface area contributed by atoms with Crippen molar-refractivity contribution in [2.75, 3.05) is 19.6 Å². The second kappa shape index (κ2) is 12.9. The van der Waals surface area contributed by atoms with Crippen LogP contribution in [0.3, 0.4) is 0 Å². The van der Waals surface area contributed by atoms with Gasteiger partial charge in [-0.2, -0.15) is 0 Å². The van der Waals surface area contributed by atoms with Crippen LogP contribution < -0.4 is 27.2 Å². The molecule has 0 saturated carbocycles. The Balaban J connectivity index is 1.89. The summed E-state index contributed by atoms with van der Waals surface area (Å²) in [6.07, 6.45) is 0. The second-order valence-electron chi connectivity index (χ2n) is 6.92. The van der Waals surface area contributed by atoms with E-state index in [-0.39, 0.29) is 12.5 Å². The van der Waals surface area contributed by atoms with E-state index in [4.69, 9.17) is 10.9 Å².